The number of carbonyl (C=O) groups excluding carboxylic acids is 2. The Bertz CT molecular complexity index is 936. The molecule has 29 heavy (non-hydrogen) atoms. The summed E-state index contributed by atoms with van der Waals surface area (Å²) in [6.45, 7) is 0.0971. The van der Waals surface area contributed by atoms with E-state index in [9.17, 15) is 22.8 Å². The van der Waals surface area contributed by atoms with Crippen molar-refractivity contribution in [1.82, 2.24) is 15.8 Å². The summed E-state index contributed by atoms with van der Waals surface area (Å²) in [5.41, 5.74) is 3.58. The van der Waals surface area contributed by atoms with E-state index in [1.165, 1.54) is 11.3 Å². The van der Waals surface area contributed by atoms with Gasteiger partial charge in [0.25, 0.3) is 11.8 Å². The molecule has 3 N–H and O–H groups in total. The summed E-state index contributed by atoms with van der Waals surface area (Å²) >= 11 is 7.03. The predicted octanol–water partition coefficient (Wildman–Crippen LogP) is 2.83. The fourth-order valence-corrected chi connectivity index (χ4v) is 3.11. The van der Waals surface area contributed by atoms with Crippen LogP contribution in [0.1, 0.15) is 21.7 Å². The topological polar surface area (TPSA) is 105 Å². The number of nitrogens with one attached hydrogen (secondary N) is 3. The highest BCUT2D eigenvalue weighted by Crippen LogP contribution is 2.32. The number of hydrogen-bond acceptors (Lipinski definition) is 7. The van der Waals surface area contributed by atoms with Crippen LogP contribution in [0.3, 0.4) is 0 Å². The van der Waals surface area contributed by atoms with Gasteiger partial charge in [0.15, 0.2) is 6.10 Å². The first-order chi connectivity index (χ1) is 13.7. The van der Waals surface area contributed by atoms with E-state index < -0.39 is 29.7 Å². The van der Waals surface area contributed by atoms with Crippen LogP contribution in [-0.4, -0.2) is 35.2 Å². The summed E-state index contributed by atoms with van der Waals surface area (Å²) in [6.07, 6.45) is -4.33. The lowest BCUT2D eigenvalue weighted by Crippen LogP contribution is -2.44. The second-order valence-corrected chi connectivity index (χ2v) is 7.14. The fraction of sp³-hybridized carbons (Fsp3) is 0.250. The van der Waals surface area contributed by atoms with Crippen LogP contribution < -0.4 is 16.2 Å². The van der Waals surface area contributed by atoms with Gasteiger partial charge in [-0.3, -0.25) is 20.4 Å². The van der Waals surface area contributed by atoms with E-state index in [1.54, 1.807) is 17.5 Å². The number of halogens is 4. The lowest BCUT2D eigenvalue weighted by atomic mass is 10.1. The number of rotatable bonds is 5. The molecule has 0 aromatic carbocycles. The zero-order valence-corrected chi connectivity index (χ0v) is 16.0. The number of oxime groups is 1. The quantitative estimate of drug-likeness (QED) is 0.611. The Kier molecular flexibility index (Phi) is 6.23. The molecule has 0 unspecified atom stereocenters. The van der Waals surface area contributed by atoms with Gasteiger partial charge < -0.3 is 10.2 Å². The second kappa shape index (κ2) is 8.66. The summed E-state index contributed by atoms with van der Waals surface area (Å²) < 4.78 is 37.9. The average molecular weight is 448 g/mol. The van der Waals surface area contributed by atoms with Crippen LogP contribution in [0.5, 0.6) is 0 Å². The first-order valence-corrected chi connectivity index (χ1v) is 9.33. The maximum Gasteiger partial charge on any atom is 0.417 e. The molecule has 3 heterocycles. The largest absolute Gasteiger partial charge is 0.417 e. The molecule has 1 atom stereocenters. The second-order valence-electron chi connectivity index (χ2n) is 5.79. The van der Waals surface area contributed by atoms with Crippen molar-refractivity contribution in [2.45, 2.75) is 18.7 Å². The molecule has 0 fully saturated rings. The maximum absolute atomic E-state index is 12.6. The summed E-state index contributed by atoms with van der Waals surface area (Å²) in [6, 6.07) is 4.06. The molecule has 3 rings (SSSR count). The lowest BCUT2D eigenvalue weighted by Gasteiger charge is -2.13. The molecule has 154 valence electrons. The van der Waals surface area contributed by atoms with Crippen molar-refractivity contribution in [2.24, 2.45) is 5.16 Å². The molecule has 8 nitrogen and oxygen atoms in total. The highest BCUT2D eigenvalue weighted by atomic mass is 35.5. The van der Waals surface area contributed by atoms with Crippen LogP contribution in [-0.2, 0) is 15.8 Å². The number of thiophene rings is 1. The Morgan fingerprint density at radius 1 is 1.31 bits per heavy atom. The fourth-order valence-electron chi connectivity index (χ4n) is 2.26. The Morgan fingerprint density at radius 2 is 2.07 bits per heavy atom. The van der Waals surface area contributed by atoms with Crippen molar-refractivity contribution in [3.05, 3.63) is 45.2 Å². The standard InChI is InChI=1S/C16H13ClF3N5O3S/c17-10-4-8(16(18,19)20)6-21-13(10)22-7-9-5-11(25-28-9)14(26)23-24-15(27)12-2-1-3-29-12/h1-4,6,9H,5,7H2,(H,21,22)(H,23,26)(H,24,27)/t9-/m0/s1. The van der Waals surface area contributed by atoms with E-state index in [1.807, 2.05) is 0 Å². The number of hydrazine groups is 1. The van der Waals surface area contributed by atoms with Gasteiger partial charge >= 0.3 is 6.18 Å². The molecule has 1 aliphatic heterocycles. The Labute approximate surface area is 171 Å². The minimum absolute atomic E-state index is 0.0457. The van der Waals surface area contributed by atoms with Gasteiger partial charge in [-0.25, -0.2) is 4.98 Å². The highest BCUT2D eigenvalue weighted by molar-refractivity contribution is 7.12. The summed E-state index contributed by atoms with van der Waals surface area (Å²) in [4.78, 5) is 33.0. The highest BCUT2D eigenvalue weighted by Gasteiger charge is 2.32. The van der Waals surface area contributed by atoms with Crippen molar-refractivity contribution in [1.29, 1.82) is 0 Å². The van der Waals surface area contributed by atoms with Crippen LogP contribution in [0.4, 0.5) is 19.0 Å². The number of pyridine rings is 1. The molecule has 0 saturated carbocycles. The van der Waals surface area contributed by atoms with Crippen LogP contribution in [0.15, 0.2) is 34.9 Å². The summed E-state index contributed by atoms with van der Waals surface area (Å²) in [5.74, 6) is -1.05. The number of hydrogen-bond donors (Lipinski definition) is 3. The molecule has 2 aromatic heterocycles. The number of aromatic nitrogens is 1. The van der Waals surface area contributed by atoms with Crippen molar-refractivity contribution >= 4 is 46.3 Å². The number of nitrogens with zero attached hydrogens (tertiary/aromatic N) is 2. The van der Waals surface area contributed by atoms with E-state index >= 15 is 0 Å². The zero-order chi connectivity index (χ0) is 21.0. The Morgan fingerprint density at radius 3 is 2.72 bits per heavy atom. The number of anilines is 1. The van der Waals surface area contributed by atoms with Crippen LogP contribution >= 0.6 is 22.9 Å². The SMILES string of the molecule is O=C(NNC(=O)c1cccs1)C1=NO[C@H](CNc2ncc(C(F)(F)F)cc2Cl)C1. The molecule has 0 aliphatic carbocycles. The first kappa shape index (κ1) is 20.9. The van der Waals surface area contributed by atoms with Crippen molar-refractivity contribution in [2.75, 3.05) is 11.9 Å². The van der Waals surface area contributed by atoms with E-state index in [0.717, 1.165) is 6.07 Å². The van der Waals surface area contributed by atoms with Gasteiger partial charge in [0, 0.05) is 12.6 Å². The van der Waals surface area contributed by atoms with Crippen LogP contribution in [0.2, 0.25) is 5.02 Å². The predicted molar refractivity (Wildman–Crippen MR) is 99.6 cm³/mol. The minimum atomic E-state index is -4.54. The van der Waals surface area contributed by atoms with Gasteiger partial charge in [0.05, 0.1) is 22.0 Å². The molecule has 2 amide bonds. The maximum atomic E-state index is 12.6. The third kappa shape index (κ3) is 5.35. The van der Waals surface area contributed by atoms with Crippen molar-refractivity contribution in [3.8, 4) is 0 Å². The molecule has 0 radical (unpaired) electrons. The first-order valence-electron chi connectivity index (χ1n) is 8.07. The molecule has 0 spiro atoms. The molecule has 0 bridgehead atoms. The molecule has 0 saturated heterocycles. The van der Waals surface area contributed by atoms with E-state index in [0.29, 0.717) is 11.1 Å². The number of alkyl halides is 3. The third-order valence-electron chi connectivity index (χ3n) is 3.70. The molecular weight excluding hydrogens is 435 g/mol. The average Bonchev–Trinajstić information content (AvgIpc) is 3.36. The normalized spacial score (nSPS) is 16.0. The smallest absolute Gasteiger partial charge is 0.390 e. The molecule has 2 aromatic rings. The summed E-state index contributed by atoms with van der Waals surface area (Å²) in [7, 11) is 0. The van der Waals surface area contributed by atoms with Gasteiger partial charge in [-0.05, 0) is 17.5 Å². The Balaban J connectivity index is 1.46. The molecule has 13 heteroatoms. The summed E-state index contributed by atoms with van der Waals surface area (Å²) in [5, 5.41) is 7.93. The van der Waals surface area contributed by atoms with Gasteiger partial charge in [0.2, 0.25) is 0 Å². The van der Waals surface area contributed by atoms with E-state index in [-0.39, 0.29) is 29.5 Å². The monoisotopic (exact) mass is 447 g/mol. The minimum Gasteiger partial charge on any atom is -0.390 e. The van der Waals surface area contributed by atoms with Crippen molar-refractivity contribution < 1.29 is 27.6 Å². The molecule has 1 aliphatic rings. The van der Waals surface area contributed by atoms with Gasteiger partial charge in [0.1, 0.15) is 11.5 Å². The van der Waals surface area contributed by atoms with E-state index in [4.69, 9.17) is 16.4 Å². The zero-order valence-electron chi connectivity index (χ0n) is 14.4. The third-order valence-corrected chi connectivity index (χ3v) is 4.85. The number of carbonyl (C=O) groups is 2. The van der Waals surface area contributed by atoms with E-state index in [2.05, 4.69) is 26.3 Å². The van der Waals surface area contributed by atoms with Gasteiger partial charge in [-0.15, -0.1) is 11.3 Å². The van der Waals surface area contributed by atoms with Gasteiger partial charge in [-0.2, -0.15) is 13.2 Å². The van der Waals surface area contributed by atoms with Crippen LogP contribution in [0, 0.1) is 0 Å². The van der Waals surface area contributed by atoms with Crippen LogP contribution in [0.25, 0.3) is 0 Å². The lowest BCUT2D eigenvalue weighted by molar-refractivity contribution is -0.137. The Hall–Kier alpha value is -2.86. The van der Waals surface area contributed by atoms with Crippen molar-refractivity contribution in [3.63, 3.8) is 0 Å². The molecular formula is C16H13ClF3N5O3S. The number of amides is 2. The van der Waals surface area contributed by atoms with Gasteiger partial charge in [-0.1, -0.05) is 22.8 Å².